The molecule has 28 heavy (non-hydrogen) atoms. The number of thioether (sulfide) groups is 1. The van der Waals surface area contributed by atoms with Gasteiger partial charge in [0.25, 0.3) is 0 Å². The van der Waals surface area contributed by atoms with Crippen molar-refractivity contribution in [2.24, 2.45) is 0 Å². The minimum atomic E-state index is 0.0471. The summed E-state index contributed by atoms with van der Waals surface area (Å²) in [6, 6.07) is 8.26. The lowest BCUT2D eigenvalue weighted by Crippen LogP contribution is -2.36. The van der Waals surface area contributed by atoms with Crippen LogP contribution in [0.25, 0.3) is 0 Å². The molecule has 0 spiro atoms. The van der Waals surface area contributed by atoms with Gasteiger partial charge in [-0.05, 0) is 24.0 Å². The van der Waals surface area contributed by atoms with E-state index in [9.17, 15) is 9.59 Å². The lowest BCUT2D eigenvalue weighted by molar-refractivity contribution is -0.124. The summed E-state index contributed by atoms with van der Waals surface area (Å²) in [5, 5.41) is 3.03. The third-order valence-electron chi connectivity index (χ3n) is 4.97. The zero-order valence-electron chi connectivity index (χ0n) is 16.0. The quantitative estimate of drug-likeness (QED) is 0.487. The van der Waals surface area contributed by atoms with Crippen molar-refractivity contribution in [3.05, 3.63) is 35.4 Å². The van der Waals surface area contributed by atoms with Crippen molar-refractivity contribution in [2.75, 3.05) is 38.6 Å². The molecule has 0 unspecified atom stereocenters. The van der Waals surface area contributed by atoms with Gasteiger partial charge in [0, 0.05) is 39.1 Å². The van der Waals surface area contributed by atoms with Gasteiger partial charge in [-0.2, -0.15) is 0 Å². The third-order valence-corrected chi connectivity index (χ3v) is 6.40. The van der Waals surface area contributed by atoms with Gasteiger partial charge in [0.05, 0.1) is 19.0 Å². The van der Waals surface area contributed by atoms with Gasteiger partial charge in [0.2, 0.25) is 11.8 Å². The number of unbranched alkanes of at least 4 members (excludes halogenated alkanes) is 1. The first-order valence-corrected chi connectivity index (χ1v) is 11.1. The molecule has 2 fully saturated rings. The van der Waals surface area contributed by atoms with E-state index in [1.54, 1.807) is 4.90 Å². The highest BCUT2D eigenvalue weighted by molar-refractivity contribution is 8.23. The van der Waals surface area contributed by atoms with E-state index in [4.69, 9.17) is 17.0 Å². The van der Waals surface area contributed by atoms with Crippen LogP contribution in [0.3, 0.4) is 0 Å². The van der Waals surface area contributed by atoms with E-state index in [1.165, 1.54) is 17.3 Å². The number of amides is 2. The van der Waals surface area contributed by atoms with Crippen molar-refractivity contribution < 1.29 is 14.3 Å². The van der Waals surface area contributed by atoms with E-state index in [1.807, 2.05) is 12.1 Å². The number of carbonyl (C=O) groups is 2. The highest BCUT2D eigenvalue weighted by atomic mass is 32.2. The second kappa shape index (κ2) is 10.9. The first-order chi connectivity index (χ1) is 13.6. The number of nitrogens with zero attached hydrogens (tertiary/aromatic N) is 2. The number of thiocarbonyl (C=S) groups is 1. The van der Waals surface area contributed by atoms with E-state index in [0.717, 1.165) is 51.3 Å². The molecular weight excluding hydrogens is 394 g/mol. The number of nitrogens with one attached hydrogen (secondary N) is 1. The summed E-state index contributed by atoms with van der Waals surface area (Å²) in [6.07, 6.45) is 2.00. The molecule has 0 bridgehead atoms. The smallest absolute Gasteiger partial charge is 0.238 e. The molecule has 6 nitrogen and oxygen atoms in total. The largest absolute Gasteiger partial charge is 0.379 e. The van der Waals surface area contributed by atoms with Crippen molar-refractivity contribution >= 4 is 40.1 Å². The van der Waals surface area contributed by atoms with Crippen LogP contribution >= 0.6 is 24.0 Å². The predicted octanol–water partition coefficient (Wildman–Crippen LogP) is 2.17. The van der Waals surface area contributed by atoms with Gasteiger partial charge in [-0.1, -0.05) is 48.2 Å². The molecule has 1 aromatic carbocycles. The molecule has 0 radical (unpaired) electrons. The van der Waals surface area contributed by atoms with E-state index in [-0.39, 0.29) is 11.8 Å². The van der Waals surface area contributed by atoms with Crippen LogP contribution in [-0.2, 0) is 27.4 Å². The summed E-state index contributed by atoms with van der Waals surface area (Å²) in [5.74, 6) is 0.575. The van der Waals surface area contributed by atoms with Crippen LogP contribution < -0.4 is 5.32 Å². The van der Waals surface area contributed by atoms with Crippen LogP contribution in [0, 0.1) is 0 Å². The Morgan fingerprint density at radius 3 is 2.64 bits per heavy atom. The van der Waals surface area contributed by atoms with Crippen LogP contribution in [0.1, 0.15) is 30.4 Å². The minimum Gasteiger partial charge on any atom is -0.379 e. The lowest BCUT2D eigenvalue weighted by Gasteiger charge is -2.27. The molecule has 2 heterocycles. The monoisotopic (exact) mass is 421 g/mol. The lowest BCUT2D eigenvalue weighted by atomic mass is 10.1. The van der Waals surface area contributed by atoms with E-state index in [0.29, 0.717) is 29.6 Å². The van der Waals surface area contributed by atoms with Crippen LogP contribution in [0.4, 0.5) is 0 Å². The van der Waals surface area contributed by atoms with Crippen LogP contribution in [-0.4, -0.2) is 64.5 Å². The van der Waals surface area contributed by atoms with Gasteiger partial charge in [0.15, 0.2) is 0 Å². The fraction of sp³-hybridized carbons (Fsp3) is 0.550. The fourth-order valence-electron chi connectivity index (χ4n) is 3.32. The van der Waals surface area contributed by atoms with Gasteiger partial charge in [-0.25, -0.2) is 0 Å². The Kier molecular flexibility index (Phi) is 8.27. The molecule has 0 saturated carbocycles. The van der Waals surface area contributed by atoms with Crippen molar-refractivity contribution in [3.63, 3.8) is 0 Å². The third kappa shape index (κ3) is 6.27. The number of ether oxygens (including phenoxy) is 1. The summed E-state index contributed by atoms with van der Waals surface area (Å²) in [6.45, 7) is 5.50. The zero-order valence-corrected chi connectivity index (χ0v) is 17.7. The summed E-state index contributed by atoms with van der Waals surface area (Å²) in [5.41, 5.74) is 2.41. The number of rotatable bonds is 9. The molecule has 1 aromatic rings. The van der Waals surface area contributed by atoms with E-state index in [2.05, 4.69) is 22.3 Å². The molecule has 2 amide bonds. The van der Waals surface area contributed by atoms with Gasteiger partial charge in [-0.15, -0.1) is 0 Å². The summed E-state index contributed by atoms with van der Waals surface area (Å²) < 4.78 is 6.07. The molecule has 2 aliphatic rings. The fourth-order valence-corrected chi connectivity index (χ4v) is 4.44. The average Bonchev–Trinajstić information content (AvgIpc) is 3.03. The van der Waals surface area contributed by atoms with Crippen molar-refractivity contribution in [1.29, 1.82) is 0 Å². The molecule has 2 saturated heterocycles. The molecule has 3 rings (SSSR count). The SMILES string of the molecule is O=C(CCCCN1C(=O)CSC1=S)NCc1ccccc1CN1CCOCC1. The zero-order chi connectivity index (χ0) is 19.8. The number of hydrogen-bond acceptors (Lipinski definition) is 6. The number of morpholine rings is 1. The summed E-state index contributed by atoms with van der Waals surface area (Å²) in [7, 11) is 0. The average molecular weight is 422 g/mol. The van der Waals surface area contributed by atoms with Crippen molar-refractivity contribution in [1.82, 2.24) is 15.1 Å². The topological polar surface area (TPSA) is 61.9 Å². The Labute approximate surface area is 176 Å². The summed E-state index contributed by atoms with van der Waals surface area (Å²) in [4.78, 5) is 27.9. The number of benzene rings is 1. The Bertz CT molecular complexity index is 692. The highest BCUT2D eigenvalue weighted by Gasteiger charge is 2.25. The molecule has 8 heteroatoms. The molecule has 0 atom stereocenters. The van der Waals surface area contributed by atoms with E-state index < -0.39 is 0 Å². The summed E-state index contributed by atoms with van der Waals surface area (Å²) >= 11 is 6.58. The Morgan fingerprint density at radius 1 is 1.18 bits per heavy atom. The molecule has 1 N–H and O–H groups in total. The van der Waals surface area contributed by atoms with Crippen LogP contribution in [0.2, 0.25) is 0 Å². The van der Waals surface area contributed by atoms with Crippen LogP contribution in [0.15, 0.2) is 24.3 Å². The first kappa shape index (κ1) is 21.2. The first-order valence-electron chi connectivity index (χ1n) is 9.74. The van der Waals surface area contributed by atoms with E-state index >= 15 is 0 Å². The minimum absolute atomic E-state index is 0.0471. The Morgan fingerprint density at radius 2 is 1.93 bits per heavy atom. The highest BCUT2D eigenvalue weighted by Crippen LogP contribution is 2.19. The number of hydrogen-bond donors (Lipinski definition) is 1. The standard InChI is InChI=1S/C20H27N3O3S2/c24-18(7-3-4-8-23-19(25)15-28-20(23)27)21-13-16-5-1-2-6-17(16)14-22-9-11-26-12-10-22/h1-2,5-6H,3-4,7-15H2,(H,21,24). The maximum atomic E-state index is 12.2. The normalized spacial score (nSPS) is 17.9. The maximum Gasteiger partial charge on any atom is 0.238 e. The van der Waals surface area contributed by atoms with Crippen molar-refractivity contribution in [2.45, 2.75) is 32.4 Å². The van der Waals surface area contributed by atoms with Crippen molar-refractivity contribution in [3.8, 4) is 0 Å². The number of carbonyl (C=O) groups excluding carboxylic acids is 2. The molecule has 0 aliphatic carbocycles. The van der Waals surface area contributed by atoms with Gasteiger partial charge in [0.1, 0.15) is 4.32 Å². The Hall–Kier alpha value is -1.48. The predicted molar refractivity (Wildman–Crippen MR) is 115 cm³/mol. The molecule has 152 valence electrons. The Balaban J connectivity index is 1.38. The maximum absolute atomic E-state index is 12.2. The van der Waals surface area contributed by atoms with Gasteiger partial charge >= 0.3 is 0 Å². The molecule has 0 aromatic heterocycles. The van der Waals surface area contributed by atoms with Gasteiger partial charge < -0.3 is 10.1 Å². The van der Waals surface area contributed by atoms with Gasteiger partial charge in [-0.3, -0.25) is 19.4 Å². The molecular formula is C20H27N3O3S2. The second-order valence-corrected chi connectivity index (χ2v) is 8.60. The second-order valence-electron chi connectivity index (χ2n) is 6.99. The van der Waals surface area contributed by atoms with Crippen LogP contribution in [0.5, 0.6) is 0 Å². The molecule has 2 aliphatic heterocycles.